The van der Waals surface area contributed by atoms with E-state index < -0.39 is 63.7 Å². The fourth-order valence-electron chi connectivity index (χ4n) is 4.79. The molecule has 0 aliphatic heterocycles. The number of hydrogen-bond donors (Lipinski definition) is 3. The van der Waals surface area contributed by atoms with E-state index in [-0.39, 0.29) is 11.4 Å². The molecule has 0 saturated carbocycles. The van der Waals surface area contributed by atoms with Gasteiger partial charge in [-0.15, -0.1) is 11.8 Å². The van der Waals surface area contributed by atoms with Gasteiger partial charge in [-0.25, -0.2) is 17.6 Å². The molecule has 0 saturated heterocycles. The Hall–Kier alpha value is -5.63. The number of amides is 3. The third-order valence-corrected chi connectivity index (χ3v) is 8.31. The average Bonchev–Trinajstić information content (AvgIpc) is 3.09. The summed E-state index contributed by atoms with van der Waals surface area (Å²) in [6.07, 6.45) is -4.21. The minimum Gasteiger partial charge on any atom is -0.321 e. The number of rotatable bonds is 9. The molecule has 50 heavy (non-hydrogen) atoms. The molecule has 5 aromatic rings. The fraction of sp³-hybridized carbons (Fsp3) is 0.0833. The van der Waals surface area contributed by atoms with Gasteiger partial charge in [-0.1, -0.05) is 66.7 Å². The molecule has 14 heteroatoms. The zero-order chi connectivity index (χ0) is 36.2. The first-order valence-corrected chi connectivity index (χ1v) is 15.5. The molecule has 0 aromatic heterocycles. The lowest BCUT2D eigenvalue weighted by atomic mass is 10.0. The largest absolute Gasteiger partial charge is 0.422 e. The van der Waals surface area contributed by atoms with E-state index in [0.717, 1.165) is 22.5 Å². The molecule has 5 rings (SSSR count). The zero-order valence-corrected chi connectivity index (χ0v) is 26.5. The quantitative estimate of drug-likeness (QED) is 0.0617. The molecule has 0 spiro atoms. The van der Waals surface area contributed by atoms with Crippen LogP contribution in [-0.2, 0) is 15.8 Å². The number of carbonyl (C=O) groups excluding carboxylic acids is 3. The smallest absolute Gasteiger partial charge is 0.321 e. The molecule has 0 fully saturated rings. The van der Waals surface area contributed by atoms with E-state index in [1.165, 1.54) is 37.3 Å². The maximum absolute atomic E-state index is 14.3. The van der Waals surface area contributed by atoms with E-state index in [4.69, 9.17) is 0 Å². The lowest BCUT2D eigenvalue weighted by Gasteiger charge is -2.17. The van der Waals surface area contributed by atoms with Gasteiger partial charge in [-0.05, 0) is 59.7 Å². The SMILES string of the molecule is CC(Sc1cccc(NC(=O)/C(=C\c2cccc3ccccc23)NC(=O)c2ccccc2)c1)C(=O)Nc1c(F)c(F)c(C(F)(F)F)c(F)c1F. The summed E-state index contributed by atoms with van der Waals surface area (Å²) in [5.74, 6) is -12.7. The first-order chi connectivity index (χ1) is 23.7. The van der Waals surface area contributed by atoms with Crippen molar-refractivity contribution in [2.24, 2.45) is 0 Å². The van der Waals surface area contributed by atoms with Crippen molar-refractivity contribution < 1.29 is 45.1 Å². The van der Waals surface area contributed by atoms with Crippen LogP contribution in [0.4, 0.5) is 42.1 Å². The van der Waals surface area contributed by atoms with Crippen LogP contribution in [0.5, 0.6) is 0 Å². The molecular weight excluding hydrogens is 687 g/mol. The molecule has 1 unspecified atom stereocenters. The minimum absolute atomic E-state index is 0.0962. The standard InChI is InChI=1S/C36H24F7N3O3S/c1-19(33(47)46-32-30(39)28(37)27(36(41,42)43)29(38)31(32)40)50-24-15-8-14-23(18-24)44-35(49)26(45-34(48)21-10-3-2-4-11-21)17-22-13-7-12-20-9-5-6-16-25(20)22/h2-19H,1H3,(H,44,49)(H,45,48)(H,46,47)/b26-17+. The van der Waals surface area contributed by atoms with Gasteiger partial charge in [0.1, 0.15) is 16.9 Å². The maximum Gasteiger partial charge on any atom is 0.422 e. The fourth-order valence-corrected chi connectivity index (χ4v) is 5.72. The van der Waals surface area contributed by atoms with E-state index in [2.05, 4.69) is 10.6 Å². The molecule has 0 bridgehead atoms. The van der Waals surface area contributed by atoms with Gasteiger partial charge < -0.3 is 16.0 Å². The molecule has 0 radical (unpaired) electrons. The van der Waals surface area contributed by atoms with Crippen LogP contribution in [0.1, 0.15) is 28.4 Å². The predicted octanol–water partition coefficient (Wildman–Crippen LogP) is 8.94. The first kappa shape index (κ1) is 35.7. The van der Waals surface area contributed by atoms with Crippen LogP contribution in [0.25, 0.3) is 16.8 Å². The highest BCUT2D eigenvalue weighted by Crippen LogP contribution is 2.39. The van der Waals surface area contributed by atoms with Crippen LogP contribution in [0, 0.1) is 23.3 Å². The molecule has 1 atom stereocenters. The van der Waals surface area contributed by atoms with Crippen molar-refractivity contribution in [2.45, 2.75) is 23.2 Å². The molecule has 0 heterocycles. The highest BCUT2D eigenvalue weighted by atomic mass is 32.2. The number of nitrogens with one attached hydrogen (secondary N) is 3. The van der Waals surface area contributed by atoms with Gasteiger partial charge in [0.15, 0.2) is 23.3 Å². The van der Waals surface area contributed by atoms with E-state index >= 15 is 0 Å². The van der Waals surface area contributed by atoms with E-state index in [0.29, 0.717) is 16.0 Å². The summed E-state index contributed by atoms with van der Waals surface area (Å²) in [5.41, 5.74) is -3.41. The first-order valence-electron chi connectivity index (χ1n) is 14.6. The van der Waals surface area contributed by atoms with Gasteiger partial charge in [-0.3, -0.25) is 14.4 Å². The van der Waals surface area contributed by atoms with E-state index in [1.807, 2.05) is 30.3 Å². The number of thioether (sulfide) groups is 1. The molecule has 3 N–H and O–H groups in total. The van der Waals surface area contributed by atoms with Gasteiger partial charge in [0.2, 0.25) is 5.91 Å². The van der Waals surface area contributed by atoms with Crippen molar-refractivity contribution >= 4 is 57.7 Å². The highest BCUT2D eigenvalue weighted by molar-refractivity contribution is 8.00. The van der Waals surface area contributed by atoms with Crippen LogP contribution < -0.4 is 16.0 Å². The number of hydrogen-bond acceptors (Lipinski definition) is 4. The van der Waals surface area contributed by atoms with Gasteiger partial charge in [0.25, 0.3) is 11.8 Å². The number of benzene rings is 5. The zero-order valence-electron chi connectivity index (χ0n) is 25.7. The van der Waals surface area contributed by atoms with E-state index in [9.17, 15) is 45.1 Å². The van der Waals surface area contributed by atoms with Crippen LogP contribution in [0.15, 0.2) is 108 Å². The number of anilines is 2. The maximum atomic E-state index is 14.3. The molecule has 3 amide bonds. The van der Waals surface area contributed by atoms with Crippen molar-refractivity contribution in [1.82, 2.24) is 5.32 Å². The molecule has 0 aliphatic rings. The van der Waals surface area contributed by atoms with Crippen LogP contribution >= 0.6 is 11.8 Å². The van der Waals surface area contributed by atoms with Gasteiger partial charge in [0.05, 0.1) is 5.25 Å². The molecule has 256 valence electrons. The summed E-state index contributed by atoms with van der Waals surface area (Å²) in [6.45, 7) is 1.27. The van der Waals surface area contributed by atoms with Crippen LogP contribution in [0.3, 0.4) is 0 Å². The average molecular weight is 712 g/mol. The Kier molecular flexibility index (Phi) is 10.6. The number of carbonyl (C=O) groups is 3. The highest BCUT2D eigenvalue weighted by Gasteiger charge is 2.42. The Morgan fingerprint density at radius 2 is 1.36 bits per heavy atom. The van der Waals surface area contributed by atoms with Gasteiger partial charge in [-0.2, -0.15) is 13.2 Å². The normalized spacial score (nSPS) is 12.4. The van der Waals surface area contributed by atoms with Gasteiger partial charge in [0, 0.05) is 16.1 Å². The number of fused-ring (bicyclic) bond motifs is 1. The van der Waals surface area contributed by atoms with Crippen molar-refractivity contribution in [1.29, 1.82) is 0 Å². The third-order valence-electron chi connectivity index (χ3n) is 7.22. The third kappa shape index (κ3) is 7.97. The molecule has 0 aliphatic carbocycles. The Bertz CT molecular complexity index is 2110. The number of alkyl halides is 3. The van der Waals surface area contributed by atoms with Crippen LogP contribution in [-0.4, -0.2) is 23.0 Å². The summed E-state index contributed by atoms with van der Waals surface area (Å²) >= 11 is 0.800. The second kappa shape index (κ2) is 14.9. The second-order valence-electron chi connectivity index (χ2n) is 10.7. The van der Waals surface area contributed by atoms with Crippen molar-refractivity contribution in [3.05, 3.63) is 143 Å². The summed E-state index contributed by atoms with van der Waals surface area (Å²) < 4.78 is 95.5. The van der Waals surface area contributed by atoms with Gasteiger partial charge >= 0.3 is 6.18 Å². The molecular formula is C36H24F7N3O3S. The Labute approximate surface area is 284 Å². The summed E-state index contributed by atoms with van der Waals surface area (Å²) in [7, 11) is 0. The van der Waals surface area contributed by atoms with Crippen LogP contribution in [0.2, 0.25) is 0 Å². The molecule has 5 aromatic carbocycles. The predicted molar refractivity (Wildman–Crippen MR) is 176 cm³/mol. The second-order valence-corrected chi connectivity index (χ2v) is 12.1. The summed E-state index contributed by atoms with van der Waals surface area (Å²) in [5, 5.41) is 7.47. The summed E-state index contributed by atoms with van der Waals surface area (Å²) in [6, 6.07) is 27.1. The van der Waals surface area contributed by atoms with Crippen molar-refractivity contribution in [3.63, 3.8) is 0 Å². The minimum atomic E-state index is -5.73. The topological polar surface area (TPSA) is 87.3 Å². The Morgan fingerprint density at radius 1 is 0.740 bits per heavy atom. The number of halogens is 7. The van der Waals surface area contributed by atoms with Crippen molar-refractivity contribution in [3.8, 4) is 0 Å². The summed E-state index contributed by atoms with van der Waals surface area (Å²) in [4.78, 5) is 39.7. The lowest BCUT2D eigenvalue weighted by molar-refractivity contribution is -0.143. The Balaban J connectivity index is 1.35. The van der Waals surface area contributed by atoms with E-state index in [1.54, 1.807) is 47.8 Å². The lowest BCUT2D eigenvalue weighted by Crippen LogP contribution is -2.30. The Morgan fingerprint density at radius 3 is 2.04 bits per heavy atom. The molecule has 6 nitrogen and oxygen atoms in total. The monoisotopic (exact) mass is 711 g/mol. The van der Waals surface area contributed by atoms with Crippen molar-refractivity contribution in [2.75, 3.05) is 10.6 Å².